The van der Waals surface area contributed by atoms with Crippen molar-refractivity contribution >= 4 is 23.2 Å². The van der Waals surface area contributed by atoms with Gasteiger partial charge in [-0.2, -0.15) is 0 Å². The lowest BCUT2D eigenvalue weighted by atomic mass is 10.0. The predicted octanol–water partition coefficient (Wildman–Crippen LogP) is 3.06. The van der Waals surface area contributed by atoms with Crippen molar-refractivity contribution in [2.75, 3.05) is 26.7 Å². The van der Waals surface area contributed by atoms with Crippen molar-refractivity contribution in [3.63, 3.8) is 0 Å². The van der Waals surface area contributed by atoms with Gasteiger partial charge in [-0.3, -0.25) is 4.90 Å². The van der Waals surface area contributed by atoms with Gasteiger partial charge >= 0.3 is 0 Å². The van der Waals surface area contributed by atoms with Gasteiger partial charge in [-0.05, 0) is 23.8 Å². The van der Waals surface area contributed by atoms with E-state index in [1.54, 1.807) is 7.11 Å². The lowest BCUT2D eigenvalue weighted by Gasteiger charge is -2.32. The van der Waals surface area contributed by atoms with Crippen molar-refractivity contribution in [2.45, 2.75) is 19.5 Å². The first-order valence-electron chi connectivity index (χ1n) is 7.28. The molecule has 1 aliphatic heterocycles. The molecule has 0 amide bonds. The maximum Gasteiger partial charge on any atom is 0.123 e. The molecule has 21 heavy (non-hydrogen) atoms. The molecule has 3 nitrogen and oxygen atoms in total. The molecule has 4 heteroatoms. The fourth-order valence-corrected chi connectivity index (χ4v) is 3.05. The highest BCUT2D eigenvalue weighted by atomic mass is 35.5. The zero-order chi connectivity index (χ0) is 13.9. The minimum absolute atomic E-state index is 0. The maximum atomic E-state index is 5.58. The molecule has 1 atom stereocenters. The zero-order valence-corrected chi connectivity index (χ0v) is 13.5. The second-order valence-electron chi connectivity index (χ2n) is 5.56. The summed E-state index contributed by atoms with van der Waals surface area (Å²) in [5.41, 5.74) is 1.31. The molecule has 0 saturated carbocycles. The molecule has 2 aromatic rings. The fourth-order valence-electron chi connectivity index (χ4n) is 3.05. The van der Waals surface area contributed by atoms with E-state index in [-0.39, 0.29) is 12.4 Å². The smallest absolute Gasteiger partial charge is 0.123 e. The van der Waals surface area contributed by atoms with Crippen molar-refractivity contribution in [2.24, 2.45) is 0 Å². The SMILES string of the molecule is COc1ccc2ccccc2c1CN1CCN[C@H](C)C1.Cl. The summed E-state index contributed by atoms with van der Waals surface area (Å²) >= 11 is 0. The number of rotatable bonds is 3. The summed E-state index contributed by atoms with van der Waals surface area (Å²) < 4.78 is 5.58. The molecule has 3 rings (SSSR count). The minimum Gasteiger partial charge on any atom is -0.496 e. The molecule has 0 unspecified atom stereocenters. The molecule has 1 N–H and O–H groups in total. The quantitative estimate of drug-likeness (QED) is 0.943. The highest BCUT2D eigenvalue weighted by Gasteiger charge is 2.18. The number of nitrogens with one attached hydrogen (secondary N) is 1. The van der Waals surface area contributed by atoms with E-state index < -0.39 is 0 Å². The van der Waals surface area contributed by atoms with Crippen LogP contribution in [0.25, 0.3) is 10.8 Å². The Bertz CT molecular complexity index is 602. The van der Waals surface area contributed by atoms with Crippen LogP contribution in [0, 0.1) is 0 Å². The van der Waals surface area contributed by atoms with Crippen molar-refractivity contribution < 1.29 is 4.74 Å². The van der Waals surface area contributed by atoms with E-state index in [2.05, 4.69) is 53.5 Å². The third-order valence-electron chi connectivity index (χ3n) is 4.05. The van der Waals surface area contributed by atoms with Crippen LogP contribution in [0.5, 0.6) is 5.75 Å². The molecule has 2 aromatic carbocycles. The molecule has 0 spiro atoms. The molecule has 0 aromatic heterocycles. The summed E-state index contributed by atoms with van der Waals surface area (Å²) in [6.45, 7) is 6.44. The topological polar surface area (TPSA) is 24.5 Å². The summed E-state index contributed by atoms with van der Waals surface area (Å²) in [5, 5.41) is 6.08. The van der Waals surface area contributed by atoms with Crippen LogP contribution in [-0.4, -0.2) is 37.7 Å². The van der Waals surface area contributed by atoms with Gasteiger partial charge in [0, 0.05) is 37.8 Å². The molecule has 0 aliphatic carbocycles. The lowest BCUT2D eigenvalue weighted by Crippen LogP contribution is -2.48. The summed E-state index contributed by atoms with van der Waals surface area (Å²) in [6.07, 6.45) is 0. The number of ether oxygens (including phenoxy) is 1. The van der Waals surface area contributed by atoms with Crippen LogP contribution >= 0.6 is 12.4 Å². The average molecular weight is 307 g/mol. The predicted molar refractivity (Wildman–Crippen MR) is 90.5 cm³/mol. The molecule has 1 aliphatic rings. The third kappa shape index (κ3) is 3.49. The average Bonchev–Trinajstić information content (AvgIpc) is 2.48. The van der Waals surface area contributed by atoms with Crippen LogP contribution in [0.15, 0.2) is 36.4 Å². The number of halogens is 1. The van der Waals surface area contributed by atoms with Gasteiger partial charge in [0.2, 0.25) is 0 Å². The fraction of sp³-hybridized carbons (Fsp3) is 0.412. The van der Waals surface area contributed by atoms with E-state index in [0.29, 0.717) is 6.04 Å². The van der Waals surface area contributed by atoms with Crippen molar-refractivity contribution in [1.82, 2.24) is 10.2 Å². The molecule has 1 fully saturated rings. The molecule has 114 valence electrons. The van der Waals surface area contributed by atoms with Crippen LogP contribution in [0.1, 0.15) is 12.5 Å². The first-order chi connectivity index (χ1) is 9.78. The van der Waals surface area contributed by atoms with Crippen LogP contribution in [0.4, 0.5) is 0 Å². The number of benzene rings is 2. The van der Waals surface area contributed by atoms with E-state index >= 15 is 0 Å². The van der Waals surface area contributed by atoms with Gasteiger partial charge in [-0.1, -0.05) is 30.3 Å². The van der Waals surface area contributed by atoms with Gasteiger partial charge in [0.15, 0.2) is 0 Å². The summed E-state index contributed by atoms with van der Waals surface area (Å²) in [5.74, 6) is 0.995. The van der Waals surface area contributed by atoms with Gasteiger partial charge < -0.3 is 10.1 Å². The Hall–Kier alpha value is -1.29. The van der Waals surface area contributed by atoms with Crippen molar-refractivity contribution in [1.29, 1.82) is 0 Å². The second kappa shape index (κ2) is 7.12. The Morgan fingerprint density at radius 1 is 1.24 bits per heavy atom. The highest BCUT2D eigenvalue weighted by molar-refractivity contribution is 5.87. The number of hydrogen-bond acceptors (Lipinski definition) is 3. The number of methoxy groups -OCH3 is 1. The first-order valence-corrected chi connectivity index (χ1v) is 7.28. The molecule has 1 heterocycles. The summed E-state index contributed by atoms with van der Waals surface area (Å²) in [4.78, 5) is 2.51. The van der Waals surface area contributed by atoms with Gasteiger partial charge in [-0.15, -0.1) is 12.4 Å². The van der Waals surface area contributed by atoms with Crippen molar-refractivity contribution in [3.8, 4) is 5.75 Å². The lowest BCUT2D eigenvalue weighted by molar-refractivity contribution is 0.198. The Balaban J connectivity index is 0.00000161. The Morgan fingerprint density at radius 2 is 2.05 bits per heavy atom. The Labute approximate surface area is 132 Å². The van der Waals surface area contributed by atoms with Crippen LogP contribution < -0.4 is 10.1 Å². The molecule has 0 bridgehead atoms. The number of hydrogen-bond donors (Lipinski definition) is 1. The molecule has 1 saturated heterocycles. The van der Waals surface area contributed by atoms with Gasteiger partial charge in [0.1, 0.15) is 5.75 Å². The zero-order valence-electron chi connectivity index (χ0n) is 12.6. The monoisotopic (exact) mass is 306 g/mol. The standard InChI is InChI=1S/C17H22N2O.ClH/c1-13-11-19(10-9-18-13)12-16-15-6-4-3-5-14(15)7-8-17(16)20-2;/h3-8,13,18H,9-12H2,1-2H3;1H/t13-;/m1./s1. The first kappa shape index (κ1) is 16.1. The van der Waals surface area contributed by atoms with E-state index in [9.17, 15) is 0 Å². The summed E-state index contributed by atoms with van der Waals surface area (Å²) in [7, 11) is 1.76. The van der Waals surface area contributed by atoms with Crippen LogP contribution in [0.3, 0.4) is 0 Å². The highest BCUT2D eigenvalue weighted by Crippen LogP contribution is 2.29. The number of nitrogens with zero attached hydrogens (tertiary/aromatic N) is 1. The van der Waals surface area contributed by atoms with Crippen LogP contribution in [-0.2, 0) is 6.54 Å². The molecular formula is C17H23ClN2O. The van der Waals surface area contributed by atoms with E-state index in [1.807, 2.05) is 0 Å². The van der Waals surface area contributed by atoms with E-state index in [0.717, 1.165) is 31.9 Å². The Kier molecular flexibility index (Phi) is 5.45. The van der Waals surface area contributed by atoms with Crippen LogP contribution in [0.2, 0.25) is 0 Å². The normalized spacial score (nSPS) is 19.2. The second-order valence-corrected chi connectivity index (χ2v) is 5.56. The third-order valence-corrected chi connectivity index (χ3v) is 4.05. The summed E-state index contributed by atoms with van der Waals surface area (Å²) in [6, 6.07) is 13.3. The molecular weight excluding hydrogens is 284 g/mol. The maximum absolute atomic E-state index is 5.58. The van der Waals surface area contributed by atoms with E-state index in [1.165, 1.54) is 16.3 Å². The van der Waals surface area contributed by atoms with Gasteiger partial charge in [0.05, 0.1) is 7.11 Å². The largest absolute Gasteiger partial charge is 0.496 e. The molecule has 0 radical (unpaired) electrons. The number of piperazine rings is 1. The number of fused-ring (bicyclic) bond motifs is 1. The van der Waals surface area contributed by atoms with Gasteiger partial charge in [0.25, 0.3) is 0 Å². The van der Waals surface area contributed by atoms with Gasteiger partial charge in [-0.25, -0.2) is 0 Å². The Morgan fingerprint density at radius 3 is 2.81 bits per heavy atom. The van der Waals surface area contributed by atoms with Crippen molar-refractivity contribution in [3.05, 3.63) is 42.0 Å². The van der Waals surface area contributed by atoms with E-state index in [4.69, 9.17) is 4.74 Å². The minimum atomic E-state index is 0.